The fourth-order valence-corrected chi connectivity index (χ4v) is 3.21. The average molecular weight is 302 g/mol. The van der Waals surface area contributed by atoms with E-state index in [1.54, 1.807) is 12.4 Å². The van der Waals surface area contributed by atoms with Crippen LogP contribution < -0.4 is 10.5 Å². The van der Waals surface area contributed by atoms with E-state index in [9.17, 15) is 9.59 Å². The molecule has 2 heterocycles. The molecule has 0 radical (unpaired) electrons. The molecule has 0 unspecified atom stereocenters. The van der Waals surface area contributed by atoms with Gasteiger partial charge in [-0.15, -0.1) is 0 Å². The first-order chi connectivity index (χ1) is 10.7. The fraction of sp³-hybridized carbons (Fsp3) is 0.688. The van der Waals surface area contributed by atoms with Gasteiger partial charge in [-0.25, -0.2) is 4.98 Å². The molecule has 22 heavy (non-hydrogen) atoms. The molecule has 0 aromatic carbocycles. The van der Waals surface area contributed by atoms with Crippen LogP contribution in [0, 0.1) is 5.92 Å². The summed E-state index contributed by atoms with van der Waals surface area (Å²) in [5.41, 5.74) is 0.0203. The highest BCUT2D eigenvalue weighted by Crippen LogP contribution is 2.33. The highest BCUT2D eigenvalue weighted by molar-refractivity contribution is 5.81. The van der Waals surface area contributed by atoms with Gasteiger partial charge in [0.1, 0.15) is 0 Å². The molecule has 1 aromatic rings. The second-order valence-electron chi connectivity index (χ2n) is 6.63. The Morgan fingerprint density at radius 3 is 2.64 bits per heavy atom. The van der Waals surface area contributed by atoms with Gasteiger partial charge in [-0.3, -0.25) is 9.59 Å². The van der Waals surface area contributed by atoms with Gasteiger partial charge in [-0.05, 0) is 32.1 Å². The zero-order valence-corrected chi connectivity index (χ0v) is 12.8. The third-order valence-electron chi connectivity index (χ3n) is 4.82. The van der Waals surface area contributed by atoms with Gasteiger partial charge in [0, 0.05) is 50.5 Å². The highest BCUT2D eigenvalue weighted by atomic mass is 16.2. The van der Waals surface area contributed by atoms with Crippen molar-refractivity contribution in [3.05, 3.63) is 22.7 Å². The van der Waals surface area contributed by atoms with Crippen molar-refractivity contribution in [1.82, 2.24) is 14.5 Å². The molecule has 1 aliphatic heterocycles. The first-order valence-electron chi connectivity index (χ1n) is 8.35. The van der Waals surface area contributed by atoms with E-state index in [0.717, 1.165) is 45.2 Å². The molecule has 1 amide bonds. The molecule has 3 fully saturated rings. The molecule has 3 aliphatic rings. The summed E-state index contributed by atoms with van der Waals surface area (Å²) in [6.45, 7) is 3.00. The van der Waals surface area contributed by atoms with E-state index in [4.69, 9.17) is 0 Å². The topological polar surface area (TPSA) is 58.4 Å². The number of hydrogen-bond donors (Lipinski definition) is 0. The van der Waals surface area contributed by atoms with Crippen molar-refractivity contribution in [2.45, 2.75) is 38.1 Å². The smallest absolute Gasteiger partial charge is 0.293 e. The SMILES string of the molecule is O=C(C1CC1)N1CCCN(c2nccn(C3CC3)c2=O)CC1. The standard InChI is InChI=1S/C16H22N4O2/c21-15(12-2-3-12)19-8-1-7-18(10-11-19)14-16(22)20(9-6-17-14)13-4-5-13/h6,9,12-13H,1-5,7-8,10-11H2. The lowest BCUT2D eigenvalue weighted by Gasteiger charge is -2.22. The first kappa shape index (κ1) is 13.8. The molecular weight excluding hydrogens is 280 g/mol. The fourth-order valence-electron chi connectivity index (χ4n) is 3.21. The number of hydrogen-bond acceptors (Lipinski definition) is 4. The van der Waals surface area contributed by atoms with E-state index >= 15 is 0 Å². The van der Waals surface area contributed by atoms with Gasteiger partial charge in [-0.2, -0.15) is 0 Å². The van der Waals surface area contributed by atoms with Gasteiger partial charge in [0.25, 0.3) is 5.56 Å². The van der Waals surface area contributed by atoms with Crippen molar-refractivity contribution in [3.8, 4) is 0 Å². The van der Waals surface area contributed by atoms with Crippen LogP contribution in [-0.4, -0.2) is 46.5 Å². The Labute approximate surface area is 129 Å². The Balaban J connectivity index is 1.50. The first-order valence-corrected chi connectivity index (χ1v) is 8.35. The highest BCUT2D eigenvalue weighted by Gasteiger charge is 2.34. The Hall–Kier alpha value is -1.85. The maximum Gasteiger partial charge on any atom is 0.293 e. The van der Waals surface area contributed by atoms with Crippen LogP contribution in [0.2, 0.25) is 0 Å². The van der Waals surface area contributed by atoms with E-state index < -0.39 is 0 Å². The number of carbonyl (C=O) groups excluding carboxylic acids is 1. The van der Waals surface area contributed by atoms with Crippen LogP contribution in [0.25, 0.3) is 0 Å². The monoisotopic (exact) mass is 302 g/mol. The molecule has 0 N–H and O–H groups in total. The van der Waals surface area contributed by atoms with Crippen LogP contribution in [0.1, 0.15) is 38.1 Å². The predicted molar refractivity (Wildman–Crippen MR) is 82.9 cm³/mol. The lowest BCUT2D eigenvalue weighted by atomic mass is 10.3. The maximum absolute atomic E-state index is 12.6. The molecular formula is C16H22N4O2. The summed E-state index contributed by atoms with van der Waals surface area (Å²) >= 11 is 0. The van der Waals surface area contributed by atoms with Gasteiger partial charge in [0.05, 0.1) is 0 Å². The predicted octanol–water partition coefficient (Wildman–Crippen LogP) is 1.03. The molecule has 118 valence electrons. The zero-order chi connectivity index (χ0) is 15.1. The van der Waals surface area contributed by atoms with E-state index in [0.29, 0.717) is 30.9 Å². The number of carbonyl (C=O) groups is 1. The Kier molecular flexibility index (Phi) is 3.39. The van der Waals surface area contributed by atoms with Gasteiger partial charge in [0.2, 0.25) is 5.91 Å². The van der Waals surface area contributed by atoms with Crippen LogP contribution in [0.4, 0.5) is 5.82 Å². The van der Waals surface area contributed by atoms with E-state index in [-0.39, 0.29) is 11.5 Å². The second-order valence-corrected chi connectivity index (χ2v) is 6.63. The third-order valence-corrected chi connectivity index (χ3v) is 4.82. The quantitative estimate of drug-likeness (QED) is 0.837. The summed E-state index contributed by atoms with van der Waals surface area (Å²) in [7, 11) is 0. The summed E-state index contributed by atoms with van der Waals surface area (Å²) in [6.07, 6.45) is 8.70. The molecule has 1 aromatic heterocycles. The zero-order valence-electron chi connectivity index (χ0n) is 12.8. The lowest BCUT2D eigenvalue weighted by Crippen LogP contribution is -2.38. The Morgan fingerprint density at radius 1 is 1.09 bits per heavy atom. The number of nitrogens with zero attached hydrogens (tertiary/aromatic N) is 4. The molecule has 2 aliphatic carbocycles. The normalized spacial score (nSPS) is 22.5. The van der Waals surface area contributed by atoms with Crippen molar-refractivity contribution >= 4 is 11.7 Å². The van der Waals surface area contributed by atoms with Crippen LogP contribution >= 0.6 is 0 Å². The van der Waals surface area contributed by atoms with E-state index in [2.05, 4.69) is 9.88 Å². The van der Waals surface area contributed by atoms with Crippen molar-refractivity contribution in [2.75, 3.05) is 31.1 Å². The largest absolute Gasteiger partial charge is 0.350 e. The van der Waals surface area contributed by atoms with Gasteiger partial charge < -0.3 is 14.4 Å². The molecule has 0 atom stereocenters. The van der Waals surface area contributed by atoms with Crippen LogP contribution in [-0.2, 0) is 4.79 Å². The molecule has 6 heteroatoms. The number of rotatable bonds is 3. The summed E-state index contributed by atoms with van der Waals surface area (Å²) in [5.74, 6) is 1.13. The minimum atomic E-state index is 0.0203. The molecule has 2 saturated carbocycles. The van der Waals surface area contributed by atoms with Crippen molar-refractivity contribution < 1.29 is 4.79 Å². The lowest BCUT2D eigenvalue weighted by molar-refractivity contribution is -0.132. The number of amides is 1. The van der Waals surface area contributed by atoms with Gasteiger partial charge >= 0.3 is 0 Å². The minimum Gasteiger partial charge on any atom is -0.350 e. The third kappa shape index (κ3) is 2.62. The molecule has 1 saturated heterocycles. The molecule has 6 nitrogen and oxygen atoms in total. The maximum atomic E-state index is 12.6. The van der Waals surface area contributed by atoms with E-state index in [1.807, 2.05) is 9.47 Å². The minimum absolute atomic E-state index is 0.0203. The van der Waals surface area contributed by atoms with Crippen LogP contribution in [0.3, 0.4) is 0 Å². The van der Waals surface area contributed by atoms with E-state index in [1.165, 1.54) is 0 Å². The average Bonchev–Trinajstić information content (AvgIpc) is 3.42. The van der Waals surface area contributed by atoms with Crippen molar-refractivity contribution in [2.24, 2.45) is 5.92 Å². The Bertz CT molecular complexity index is 633. The summed E-state index contributed by atoms with van der Waals surface area (Å²) in [4.78, 5) is 33.1. The van der Waals surface area contributed by atoms with Crippen molar-refractivity contribution in [1.29, 1.82) is 0 Å². The number of anilines is 1. The molecule has 0 bridgehead atoms. The summed E-state index contributed by atoms with van der Waals surface area (Å²) in [6, 6.07) is 0.370. The summed E-state index contributed by atoms with van der Waals surface area (Å²) < 4.78 is 1.82. The Morgan fingerprint density at radius 2 is 1.91 bits per heavy atom. The van der Waals surface area contributed by atoms with Crippen LogP contribution in [0.5, 0.6) is 0 Å². The van der Waals surface area contributed by atoms with Gasteiger partial charge in [0.15, 0.2) is 5.82 Å². The molecule has 4 rings (SSSR count). The number of aromatic nitrogens is 2. The van der Waals surface area contributed by atoms with Crippen molar-refractivity contribution in [3.63, 3.8) is 0 Å². The molecule has 0 spiro atoms. The second kappa shape index (κ2) is 5.41. The van der Waals surface area contributed by atoms with Gasteiger partial charge in [-0.1, -0.05) is 0 Å². The van der Waals surface area contributed by atoms with Crippen LogP contribution in [0.15, 0.2) is 17.2 Å². The summed E-state index contributed by atoms with van der Waals surface area (Å²) in [5, 5.41) is 0.